The number of rotatable bonds is 71. The molecule has 0 aliphatic rings. The van der Waals surface area contributed by atoms with Crippen molar-refractivity contribution in [3.05, 3.63) is 12.2 Å². The Morgan fingerprint density at radius 1 is 0.333 bits per heavy atom. The average molecular weight is 1140 g/mol. The Bertz CT molecular complexity index is 1220. The summed E-state index contributed by atoms with van der Waals surface area (Å²) < 4.78 is 5.49. The Balaban J connectivity index is 3.38. The molecule has 0 aromatic carbocycles. The van der Waals surface area contributed by atoms with Gasteiger partial charge in [-0.3, -0.25) is 9.59 Å². The van der Waals surface area contributed by atoms with Crippen molar-refractivity contribution in [3.8, 4) is 0 Å². The van der Waals surface area contributed by atoms with Crippen LogP contribution < -0.4 is 5.32 Å². The molecule has 3 N–H and O–H groups in total. The van der Waals surface area contributed by atoms with Crippen molar-refractivity contribution in [3.63, 3.8) is 0 Å². The summed E-state index contributed by atoms with van der Waals surface area (Å²) in [4.78, 5) is 24.6. The minimum absolute atomic E-state index is 0.0195. The number of nitrogens with one attached hydrogen (secondary N) is 1. The van der Waals surface area contributed by atoms with Gasteiger partial charge in [0.1, 0.15) is 0 Å². The molecule has 0 saturated carbocycles. The van der Waals surface area contributed by atoms with Gasteiger partial charge in [0.15, 0.2) is 0 Å². The van der Waals surface area contributed by atoms with Gasteiger partial charge in [-0.2, -0.15) is 0 Å². The summed E-state index contributed by atoms with van der Waals surface area (Å²) >= 11 is 0. The van der Waals surface area contributed by atoms with Crippen molar-refractivity contribution in [2.75, 3.05) is 13.2 Å². The van der Waals surface area contributed by atoms with Crippen LogP contribution in [0.25, 0.3) is 0 Å². The zero-order valence-corrected chi connectivity index (χ0v) is 55.3. The van der Waals surface area contributed by atoms with Crippen molar-refractivity contribution in [1.82, 2.24) is 5.32 Å². The highest BCUT2D eigenvalue weighted by Gasteiger charge is 2.18. The lowest BCUT2D eigenvalue weighted by atomic mass is 10.0. The van der Waals surface area contributed by atoms with Crippen LogP contribution in [0.15, 0.2) is 12.2 Å². The number of hydrogen-bond donors (Lipinski definition) is 3. The van der Waals surface area contributed by atoms with Gasteiger partial charge in [-0.05, 0) is 32.1 Å². The highest BCUT2D eigenvalue weighted by Crippen LogP contribution is 2.20. The van der Waals surface area contributed by atoms with Crippen molar-refractivity contribution >= 4 is 11.9 Å². The van der Waals surface area contributed by atoms with Gasteiger partial charge < -0.3 is 20.3 Å². The van der Waals surface area contributed by atoms with Gasteiger partial charge in [-0.15, -0.1) is 0 Å². The number of unbranched alkanes of at least 4 members (excludes halogenated alkanes) is 60. The van der Waals surface area contributed by atoms with Crippen LogP contribution in [-0.2, 0) is 14.3 Å². The highest BCUT2D eigenvalue weighted by atomic mass is 16.5. The van der Waals surface area contributed by atoms with Gasteiger partial charge in [0, 0.05) is 12.8 Å². The fourth-order valence-electron chi connectivity index (χ4n) is 12.1. The number of aliphatic hydroxyl groups excluding tert-OH is 2. The Hall–Kier alpha value is -1.40. The van der Waals surface area contributed by atoms with Crippen molar-refractivity contribution in [2.24, 2.45) is 0 Å². The van der Waals surface area contributed by atoms with Gasteiger partial charge >= 0.3 is 5.97 Å². The number of hydrogen-bond acceptors (Lipinski definition) is 5. The molecule has 0 heterocycles. The number of carbonyl (C=O) groups excluding carboxylic acids is 2. The van der Waals surface area contributed by atoms with E-state index in [0.717, 1.165) is 38.5 Å². The summed E-state index contributed by atoms with van der Waals surface area (Å²) in [5.41, 5.74) is 0. The lowest BCUT2D eigenvalue weighted by Gasteiger charge is -2.20. The smallest absolute Gasteiger partial charge is 0.305 e. The van der Waals surface area contributed by atoms with E-state index in [1.165, 1.54) is 366 Å². The van der Waals surface area contributed by atoms with Crippen LogP contribution in [-0.4, -0.2) is 47.4 Å². The molecule has 6 heteroatoms. The third-order valence-electron chi connectivity index (χ3n) is 17.8. The van der Waals surface area contributed by atoms with Gasteiger partial charge in [0.25, 0.3) is 0 Å². The molecule has 2 unspecified atom stereocenters. The fraction of sp³-hybridized carbons (Fsp3) is 0.947. The lowest BCUT2D eigenvalue weighted by molar-refractivity contribution is -0.143. The molecule has 0 aromatic rings. The maximum absolute atomic E-state index is 12.5. The topological polar surface area (TPSA) is 95.9 Å². The summed E-state index contributed by atoms with van der Waals surface area (Å²) in [6.07, 6.45) is 88.8. The summed E-state index contributed by atoms with van der Waals surface area (Å²) in [5, 5.41) is 23.3. The second kappa shape index (κ2) is 71.1. The zero-order valence-electron chi connectivity index (χ0n) is 55.3. The zero-order chi connectivity index (χ0) is 58.5. The van der Waals surface area contributed by atoms with E-state index in [-0.39, 0.29) is 18.5 Å². The molecule has 0 spiro atoms. The van der Waals surface area contributed by atoms with E-state index >= 15 is 0 Å². The summed E-state index contributed by atoms with van der Waals surface area (Å²) in [6.45, 7) is 4.96. The van der Waals surface area contributed by atoms with E-state index in [1.54, 1.807) is 6.08 Å². The molecule has 0 saturated heterocycles. The third kappa shape index (κ3) is 67.6. The number of amides is 1. The van der Waals surface area contributed by atoms with Gasteiger partial charge in [0.05, 0.1) is 25.4 Å². The van der Waals surface area contributed by atoms with Crippen molar-refractivity contribution in [1.29, 1.82) is 0 Å². The molecule has 0 radical (unpaired) electrons. The van der Waals surface area contributed by atoms with E-state index in [4.69, 9.17) is 4.74 Å². The standard InChI is InChI=1S/C75H147NO5/c1-3-5-7-9-11-13-15-17-18-19-20-21-22-26-29-32-35-38-41-44-47-51-55-59-63-67-73(78)72(71-77)76-74(79)68-64-60-56-52-48-45-42-39-36-33-30-27-24-23-25-28-31-34-37-40-43-46-50-54-58-62-66-70-81-75(80)69-65-61-57-53-49-16-14-12-10-8-6-4-2/h63,67,72-73,77-78H,3-62,64-66,68-71H2,1-2H3,(H,76,79)/b67-63+. The number of carbonyl (C=O) groups is 2. The maximum atomic E-state index is 12.5. The molecule has 2 atom stereocenters. The minimum Gasteiger partial charge on any atom is -0.466 e. The minimum atomic E-state index is -0.843. The Labute approximate surface area is 508 Å². The van der Waals surface area contributed by atoms with Crippen LogP contribution in [0.5, 0.6) is 0 Å². The first kappa shape index (κ1) is 79.6. The first-order valence-corrected chi connectivity index (χ1v) is 37.5. The molecular weight excluding hydrogens is 995 g/mol. The van der Waals surface area contributed by atoms with E-state index in [2.05, 4.69) is 19.2 Å². The number of allylic oxidation sites excluding steroid dienone is 1. The maximum Gasteiger partial charge on any atom is 0.305 e. The molecule has 6 nitrogen and oxygen atoms in total. The number of ether oxygens (including phenoxy) is 1. The molecule has 0 aliphatic carbocycles. The largest absolute Gasteiger partial charge is 0.466 e. The van der Waals surface area contributed by atoms with Crippen molar-refractivity contribution in [2.45, 2.75) is 443 Å². The molecule has 1 amide bonds. The molecule has 0 bridgehead atoms. The fourth-order valence-corrected chi connectivity index (χ4v) is 12.1. The molecule has 0 aliphatic heterocycles. The number of esters is 1. The quantitative estimate of drug-likeness (QED) is 0.0320. The predicted molar refractivity (Wildman–Crippen MR) is 357 cm³/mol. The Morgan fingerprint density at radius 2 is 0.568 bits per heavy atom. The molecule has 482 valence electrons. The Kier molecular flexibility index (Phi) is 69.9. The molecule has 0 fully saturated rings. The van der Waals surface area contributed by atoms with Gasteiger partial charge in [-0.1, -0.05) is 398 Å². The van der Waals surface area contributed by atoms with Crippen LogP contribution in [0.4, 0.5) is 0 Å². The predicted octanol–water partition coefficient (Wildman–Crippen LogP) is 24.3. The van der Waals surface area contributed by atoms with Crippen molar-refractivity contribution < 1.29 is 24.5 Å². The van der Waals surface area contributed by atoms with Crippen LogP contribution in [0.3, 0.4) is 0 Å². The summed E-state index contributed by atoms with van der Waals surface area (Å²) in [7, 11) is 0. The second-order valence-corrected chi connectivity index (χ2v) is 26.0. The second-order valence-electron chi connectivity index (χ2n) is 26.0. The highest BCUT2D eigenvalue weighted by molar-refractivity contribution is 5.76. The molecular formula is C75H147NO5. The van der Waals surface area contributed by atoms with E-state index < -0.39 is 12.1 Å². The molecule has 0 rings (SSSR count). The Morgan fingerprint density at radius 3 is 0.840 bits per heavy atom. The first-order chi connectivity index (χ1) is 40.0. The summed E-state index contributed by atoms with van der Waals surface area (Å²) in [6, 6.07) is -0.627. The summed E-state index contributed by atoms with van der Waals surface area (Å²) in [5.74, 6) is -0.0401. The van der Waals surface area contributed by atoms with Gasteiger partial charge in [-0.25, -0.2) is 0 Å². The normalized spacial score (nSPS) is 12.5. The van der Waals surface area contributed by atoms with Crippen LogP contribution >= 0.6 is 0 Å². The van der Waals surface area contributed by atoms with E-state index in [0.29, 0.717) is 19.4 Å². The van der Waals surface area contributed by atoms with Gasteiger partial charge in [0.2, 0.25) is 5.91 Å². The number of aliphatic hydroxyl groups is 2. The van der Waals surface area contributed by atoms with Crippen LogP contribution in [0.1, 0.15) is 431 Å². The SMILES string of the molecule is CCCCCCCCCCCCCCCCCCCCCCCCC/C=C/C(O)C(CO)NC(=O)CCCCCCCCCCCCCCCCCCCCCCCCCCCCCOC(=O)CCCCCCCCCCCCCC. The lowest BCUT2D eigenvalue weighted by Crippen LogP contribution is -2.45. The monoisotopic (exact) mass is 1140 g/mol. The van der Waals surface area contributed by atoms with E-state index in [9.17, 15) is 19.8 Å². The average Bonchev–Trinajstić information content (AvgIpc) is 3.47. The molecule has 0 aromatic heterocycles. The van der Waals surface area contributed by atoms with Crippen LogP contribution in [0, 0.1) is 0 Å². The van der Waals surface area contributed by atoms with Crippen LogP contribution in [0.2, 0.25) is 0 Å². The third-order valence-corrected chi connectivity index (χ3v) is 17.8. The molecule has 81 heavy (non-hydrogen) atoms. The van der Waals surface area contributed by atoms with E-state index in [1.807, 2.05) is 6.08 Å². The first-order valence-electron chi connectivity index (χ1n) is 37.5.